The van der Waals surface area contributed by atoms with Crippen molar-refractivity contribution in [2.75, 3.05) is 39.8 Å². The van der Waals surface area contributed by atoms with Crippen molar-refractivity contribution in [3.05, 3.63) is 36.0 Å². The maximum atomic E-state index is 13.1. The van der Waals surface area contributed by atoms with Gasteiger partial charge in [0.05, 0.1) is 12.1 Å². The number of aryl methyl sites for hydroxylation is 1. The summed E-state index contributed by atoms with van der Waals surface area (Å²) in [5, 5.41) is 5.29. The van der Waals surface area contributed by atoms with Gasteiger partial charge in [0.15, 0.2) is 0 Å². The van der Waals surface area contributed by atoms with E-state index >= 15 is 0 Å². The molecule has 1 aliphatic rings. The van der Waals surface area contributed by atoms with Crippen molar-refractivity contribution in [2.24, 2.45) is 0 Å². The summed E-state index contributed by atoms with van der Waals surface area (Å²) in [5.41, 5.74) is 1.42. The molecule has 0 atom stereocenters. The molecule has 1 aromatic heterocycles. The zero-order chi connectivity index (χ0) is 20.3. The third-order valence-corrected chi connectivity index (χ3v) is 6.54. The highest BCUT2D eigenvalue weighted by Crippen LogP contribution is 2.25. The molecule has 1 aromatic carbocycles. The van der Waals surface area contributed by atoms with Gasteiger partial charge in [-0.25, -0.2) is 13.2 Å². The Labute approximate surface area is 163 Å². The van der Waals surface area contributed by atoms with E-state index in [1.165, 1.54) is 11.4 Å². The number of urea groups is 1. The number of pyridine rings is 1. The Morgan fingerprint density at radius 2 is 1.89 bits per heavy atom. The summed E-state index contributed by atoms with van der Waals surface area (Å²) in [6.45, 7) is 3.27. The molecular formula is C18H23N5O4S. The number of nitrogens with zero attached hydrogens (tertiary/aromatic N) is 3. The number of nitrogens with one attached hydrogen (secondary N) is 2. The fourth-order valence-electron chi connectivity index (χ4n) is 3.15. The van der Waals surface area contributed by atoms with Crippen LogP contribution in [-0.4, -0.2) is 74.3 Å². The van der Waals surface area contributed by atoms with Crippen LogP contribution in [-0.2, 0) is 14.8 Å². The Hall–Kier alpha value is -2.56. The molecule has 1 fully saturated rings. The first-order valence-corrected chi connectivity index (χ1v) is 10.3. The van der Waals surface area contributed by atoms with E-state index in [9.17, 15) is 18.0 Å². The summed E-state index contributed by atoms with van der Waals surface area (Å²) in [6.07, 6.45) is 1.66. The Balaban J connectivity index is 1.70. The van der Waals surface area contributed by atoms with Gasteiger partial charge in [0.25, 0.3) is 0 Å². The van der Waals surface area contributed by atoms with Crippen LogP contribution in [0.1, 0.15) is 5.56 Å². The fraction of sp³-hybridized carbons (Fsp3) is 0.389. The van der Waals surface area contributed by atoms with Gasteiger partial charge < -0.3 is 5.32 Å². The van der Waals surface area contributed by atoms with Gasteiger partial charge in [-0.05, 0) is 24.6 Å². The van der Waals surface area contributed by atoms with Crippen LogP contribution in [0.15, 0.2) is 35.4 Å². The number of carbonyl (C=O) groups is 2. The van der Waals surface area contributed by atoms with Crippen LogP contribution in [0.2, 0.25) is 0 Å². The second-order valence-corrected chi connectivity index (χ2v) is 8.55. The maximum absolute atomic E-state index is 13.1. The normalized spacial score (nSPS) is 16.1. The molecule has 10 heteroatoms. The summed E-state index contributed by atoms with van der Waals surface area (Å²) >= 11 is 0. The predicted octanol–water partition coefficient (Wildman–Crippen LogP) is 0.305. The lowest BCUT2D eigenvalue weighted by atomic mass is 10.2. The SMILES string of the molecule is CNC(=O)NC(=O)CN1CCN(S(=O)(=O)c2cccc3cc(C)cnc23)CC1. The number of carbonyl (C=O) groups excluding carboxylic acids is 2. The molecule has 0 radical (unpaired) electrons. The molecule has 1 aliphatic heterocycles. The highest BCUT2D eigenvalue weighted by Gasteiger charge is 2.30. The average molecular weight is 405 g/mol. The fourth-order valence-corrected chi connectivity index (χ4v) is 4.74. The minimum Gasteiger partial charge on any atom is -0.341 e. The summed E-state index contributed by atoms with van der Waals surface area (Å²) in [6, 6.07) is 6.48. The molecule has 2 aromatic rings. The lowest BCUT2D eigenvalue weighted by molar-refractivity contribution is -0.121. The van der Waals surface area contributed by atoms with Crippen LogP contribution >= 0.6 is 0 Å². The standard InChI is InChI=1S/C18H23N5O4S/c1-13-10-14-4-3-5-15(17(14)20-11-13)28(26,27)23-8-6-22(7-9-23)12-16(24)21-18(25)19-2/h3-5,10-11H,6-9,12H2,1-2H3,(H2,19,21,24,25). The summed E-state index contributed by atoms with van der Waals surface area (Å²) in [4.78, 5) is 29.3. The summed E-state index contributed by atoms with van der Waals surface area (Å²) < 4.78 is 27.7. The van der Waals surface area contributed by atoms with Crippen LogP contribution < -0.4 is 10.6 Å². The van der Waals surface area contributed by atoms with Crippen LogP contribution in [0.3, 0.4) is 0 Å². The molecule has 0 bridgehead atoms. The van der Waals surface area contributed by atoms with Crippen molar-refractivity contribution in [1.29, 1.82) is 0 Å². The molecule has 0 unspecified atom stereocenters. The lowest BCUT2D eigenvalue weighted by Gasteiger charge is -2.33. The molecule has 1 saturated heterocycles. The highest BCUT2D eigenvalue weighted by molar-refractivity contribution is 7.89. The smallest absolute Gasteiger partial charge is 0.321 e. The van der Waals surface area contributed by atoms with Crippen LogP contribution in [0.4, 0.5) is 4.79 Å². The maximum Gasteiger partial charge on any atom is 0.321 e. The number of aromatic nitrogens is 1. The Kier molecular flexibility index (Phi) is 5.92. The van der Waals surface area contributed by atoms with Crippen LogP contribution in [0, 0.1) is 6.92 Å². The van der Waals surface area contributed by atoms with Crippen molar-refractivity contribution < 1.29 is 18.0 Å². The number of fused-ring (bicyclic) bond motifs is 1. The van der Waals surface area contributed by atoms with Crippen LogP contribution in [0.5, 0.6) is 0 Å². The van der Waals surface area contributed by atoms with Crippen molar-refractivity contribution in [3.63, 3.8) is 0 Å². The van der Waals surface area contributed by atoms with Gasteiger partial charge in [-0.1, -0.05) is 12.1 Å². The molecule has 28 heavy (non-hydrogen) atoms. The van der Waals surface area contributed by atoms with E-state index in [0.717, 1.165) is 10.9 Å². The van der Waals surface area contributed by atoms with Gasteiger partial charge in [0, 0.05) is 44.8 Å². The van der Waals surface area contributed by atoms with E-state index in [0.29, 0.717) is 18.6 Å². The quantitative estimate of drug-likeness (QED) is 0.757. The number of sulfonamides is 1. The molecule has 3 rings (SSSR count). The van der Waals surface area contributed by atoms with Gasteiger partial charge in [0.2, 0.25) is 15.9 Å². The number of amides is 3. The highest BCUT2D eigenvalue weighted by atomic mass is 32.2. The minimum absolute atomic E-state index is 0.0381. The number of hydrogen-bond donors (Lipinski definition) is 2. The summed E-state index contributed by atoms with van der Waals surface area (Å²) in [7, 11) is -2.27. The molecule has 2 N–H and O–H groups in total. The Morgan fingerprint density at radius 1 is 1.18 bits per heavy atom. The van der Waals surface area contributed by atoms with Crippen molar-refractivity contribution in [2.45, 2.75) is 11.8 Å². The van der Waals surface area contributed by atoms with E-state index in [1.54, 1.807) is 18.3 Å². The number of hydrogen-bond acceptors (Lipinski definition) is 6. The Morgan fingerprint density at radius 3 is 2.57 bits per heavy atom. The van der Waals surface area contributed by atoms with Gasteiger partial charge in [-0.2, -0.15) is 4.31 Å². The van der Waals surface area contributed by atoms with Crippen molar-refractivity contribution >= 4 is 32.9 Å². The zero-order valence-electron chi connectivity index (χ0n) is 15.8. The van der Waals surface area contributed by atoms with Gasteiger partial charge in [0.1, 0.15) is 4.90 Å². The number of imide groups is 1. The first-order chi connectivity index (χ1) is 13.3. The zero-order valence-corrected chi connectivity index (χ0v) is 16.6. The second kappa shape index (κ2) is 8.21. The number of piperazine rings is 1. The second-order valence-electron chi connectivity index (χ2n) is 6.65. The molecule has 150 valence electrons. The molecular weight excluding hydrogens is 382 g/mol. The van der Waals surface area contributed by atoms with E-state index in [2.05, 4.69) is 15.6 Å². The van der Waals surface area contributed by atoms with Crippen molar-refractivity contribution in [1.82, 2.24) is 24.8 Å². The molecule has 3 amide bonds. The summed E-state index contributed by atoms with van der Waals surface area (Å²) in [5.74, 6) is -0.427. The molecule has 0 spiro atoms. The van der Waals surface area contributed by atoms with E-state index < -0.39 is 22.0 Å². The van der Waals surface area contributed by atoms with Gasteiger partial charge >= 0.3 is 6.03 Å². The molecule has 0 aliphatic carbocycles. The monoisotopic (exact) mass is 405 g/mol. The number of rotatable bonds is 4. The van der Waals surface area contributed by atoms with Crippen LogP contribution in [0.25, 0.3) is 10.9 Å². The molecule has 0 saturated carbocycles. The van der Waals surface area contributed by atoms with Crippen molar-refractivity contribution in [3.8, 4) is 0 Å². The Bertz CT molecular complexity index is 1000. The van der Waals surface area contributed by atoms with Gasteiger partial charge in [-0.15, -0.1) is 0 Å². The van der Waals surface area contributed by atoms with E-state index in [4.69, 9.17) is 0 Å². The number of para-hydroxylation sites is 1. The first kappa shape index (κ1) is 20.2. The lowest BCUT2D eigenvalue weighted by Crippen LogP contribution is -2.52. The van der Waals surface area contributed by atoms with E-state index in [1.807, 2.05) is 24.0 Å². The minimum atomic E-state index is -3.70. The topological polar surface area (TPSA) is 112 Å². The molecule has 9 nitrogen and oxygen atoms in total. The van der Waals surface area contributed by atoms with E-state index in [-0.39, 0.29) is 24.5 Å². The van der Waals surface area contributed by atoms with Gasteiger partial charge in [-0.3, -0.25) is 20.0 Å². The largest absolute Gasteiger partial charge is 0.341 e. The average Bonchev–Trinajstić information content (AvgIpc) is 2.67. The molecule has 2 heterocycles. The first-order valence-electron chi connectivity index (χ1n) is 8.90. The third kappa shape index (κ3) is 4.29. The number of benzene rings is 1. The predicted molar refractivity (Wildman–Crippen MR) is 104 cm³/mol. The third-order valence-electron chi connectivity index (χ3n) is 4.61.